The molecule has 4 N–H and O–H groups in total. The van der Waals surface area contributed by atoms with Crippen molar-refractivity contribution in [3.05, 3.63) is 29.8 Å². The molecule has 0 saturated carbocycles. The highest BCUT2D eigenvalue weighted by molar-refractivity contribution is 5.56. The number of aryl methyl sites for hydroxylation is 1. The van der Waals surface area contributed by atoms with Crippen molar-refractivity contribution >= 4 is 11.6 Å². The van der Waals surface area contributed by atoms with Gasteiger partial charge in [0.15, 0.2) is 0 Å². The highest BCUT2D eigenvalue weighted by Gasteiger charge is 2.10. The molecule has 2 heterocycles. The van der Waals surface area contributed by atoms with E-state index >= 15 is 0 Å². The number of hydrazine groups is 1. The number of rotatable bonds is 6. The number of nitrogen functional groups attached to an aromatic ring is 1. The second kappa shape index (κ2) is 6.14. The lowest BCUT2D eigenvalue weighted by molar-refractivity contribution is 0.719. The Labute approximate surface area is 112 Å². The fraction of sp³-hybridized carbons (Fsp3) is 0.417. The Morgan fingerprint density at radius 3 is 2.74 bits per heavy atom. The van der Waals surface area contributed by atoms with Gasteiger partial charge in [-0.05, 0) is 12.5 Å². The standard InChI is InChI=1S/C12H19N7/c1-3-4-10-11(15-8-16-12(10)18-13)14-7-9-5-6-17-19(9)2/h5-6,8H,3-4,7,13H2,1-2H3,(H2,14,15,16,18). The van der Waals surface area contributed by atoms with E-state index in [-0.39, 0.29) is 0 Å². The van der Waals surface area contributed by atoms with Crippen molar-refractivity contribution in [2.75, 3.05) is 10.7 Å². The zero-order chi connectivity index (χ0) is 13.7. The van der Waals surface area contributed by atoms with Crippen molar-refractivity contribution < 1.29 is 0 Å². The molecule has 19 heavy (non-hydrogen) atoms. The molecule has 0 aliphatic rings. The Balaban J connectivity index is 2.17. The second-order valence-corrected chi connectivity index (χ2v) is 4.24. The summed E-state index contributed by atoms with van der Waals surface area (Å²) in [4.78, 5) is 8.42. The maximum Gasteiger partial charge on any atom is 0.148 e. The molecule has 0 bridgehead atoms. The normalized spacial score (nSPS) is 10.5. The van der Waals surface area contributed by atoms with E-state index in [1.54, 1.807) is 6.20 Å². The van der Waals surface area contributed by atoms with Crippen LogP contribution in [0.3, 0.4) is 0 Å². The van der Waals surface area contributed by atoms with Crippen LogP contribution in [-0.2, 0) is 20.0 Å². The summed E-state index contributed by atoms with van der Waals surface area (Å²) in [5.74, 6) is 6.96. The lowest BCUT2D eigenvalue weighted by Crippen LogP contribution is -2.15. The monoisotopic (exact) mass is 261 g/mol. The minimum absolute atomic E-state index is 0.661. The lowest BCUT2D eigenvalue weighted by atomic mass is 10.1. The van der Waals surface area contributed by atoms with Gasteiger partial charge in [-0.3, -0.25) is 4.68 Å². The van der Waals surface area contributed by atoms with Gasteiger partial charge in [0.25, 0.3) is 0 Å². The summed E-state index contributed by atoms with van der Waals surface area (Å²) in [6, 6.07) is 1.97. The van der Waals surface area contributed by atoms with Crippen LogP contribution in [0.25, 0.3) is 0 Å². The van der Waals surface area contributed by atoms with Gasteiger partial charge in [0.1, 0.15) is 18.0 Å². The number of aromatic nitrogens is 4. The molecule has 0 amide bonds. The zero-order valence-corrected chi connectivity index (χ0v) is 11.2. The first-order valence-electron chi connectivity index (χ1n) is 6.27. The Hall–Kier alpha value is -2.15. The summed E-state index contributed by atoms with van der Waals surface area (Å²) in [7, 11) is 1.91. The number of nitrogens with zero attached hydrogens (tertiary/aromatic N) is 4. The first kappa shape index (κ1) is 13.3. The van der Waals surface area contributed by atoms with Gasteiger partial charge in [0, 0.05) is 18.8 Å². The Kier molecular flexibility index (Phi) is 4.30. The van der Waals surface area contributed by atoms with Gasteiger partial charge in [-0.2, -0.15) is 5.10 Å². The van der Waals surface area contributed by atoms with Crippen LogP contribution in [0.1, 0.15) is 24.6 Å². The Morgan fingerprint density at radius 1 is 1.32 bits per heavy atom. The summed E-state index contributed by atoms with van der Waals surface area (Å²) in [6.07, 6.45) is 5.15. The SMILES string of the molecule is CCCc1c(NN)ncnc1NCc1ccnn1C. The van der Waals surface area contributed by atoms with Crippen LogP contribution >= 0.6 is 0 Å². The van der Waals surface area contributed by atoms with Crippen LogP contribution in [0, 0.1) is 0 Å². The predicted molar refractivity (Wildman–Crippen MR) is 74.4 cm³/mol. The van der Waals surface area contributed by atoms with E-state index in [1.807, 2.05) is 17.8 Å². The summed E-state index contributed by atoms with van der Waals surface area (Å²) in [5, 5.41) is 7.44. The van der Waals surface area contributed by atoms with Gasteiger partial charge >= 0.3 is 0 Å². The third kappa shape index (κ3) is 3.00. The van der Waals surface area contributed by atoms with E-state index < -0.39 is 0 Å². The smallest absolute Gasteiger partial charge is 0.148 e. The fourth-order valence-electron chi connectivity index (χ4n) is 1.92. The molecular formula is C12H19N7. The molecule has 2 aromatic heterocycles. The summed E-state index contributed by atoms with van der Waals surface area (Å²) >= 11 is 0. The molecule has 0 spiro atoms. The van der Waals surface area contributed by atoms with Crippen molar-refractivity contribution in [3.63, 3.8) is 0 Å². The number of nitrogens with two attached hydrogens (primary N) is 1. The van der Waals surface area contributed by atoms with Crippen molar-refractivity contribution in [1.29, 1.82) is 0 Å². The molecule has 0 unspecified atom stereocenters. The van der Waals surface area contributed by atoms with Crippen LogP contribution in [0.4, 0.5) is 11.6 Å². The quantitative estimate of drug-likeness (QED) is 0.532. The highest BCUT2D eigenvalue weighted by Crippen LogP contribution is 2.21. The largest absolute Gasteiger partial charge is 0.364 e. The first-order valence-corrected chi connectivity index (χ1v) is 6.27. The van der Waals surface area contributed by atoms with Crippen LogP contribution in [-0.4, -0.2) is 19.7 Å². The third-order valence-corrected chi connectivity index (χ3v) is 2.94. The van der Waals surface area contributed by atoms with Gasteiger partial charge in [-0.1, -0.05) is 13.3 Å². The van der Waals surface area contributed by atoms with Gasteiger partial charge in [0.2, 0.25) is 0 Å². The van der Waals surface area contributed by atoms with E-state index in [2.05, 4.69) is 32.7 Å². The minimum Gasteiger partial charge on any atom is -0.364 e. The van der Waals surface area contributed by atoms with E-state index in [4.69, 9.17) is 5.84 Å². The average molecular weight is 261 g/mol. The fourth-order valence-corrected chi connectivity index (χ4v) is 1.92. The molecule has 102 valence electrons. The molecule has 0 fully saturated rings. The van der Waals surface area contributed by atoms with E-state index in [1.165, 1.54) is 6.33 Å². The third-order valence-electron chi connectivity index (χ3n) is 2.94. The molecule has 7 nitrogen and oxygen atoms in total. The molecule has 0 aliphatic carbocycles. The first-order chi connectivity index (χ1) is 9.26. The number of hydrogen-bond donors (Lipinski definition) is 3. The topological polar surface area (TPSA) is 93.7 Å². The van der Waals surface area contributed by atoms with E-state index in [0.29, 0.717) is 12.4 Å². The van der Waals surface area contributed by atoms with Crippen LogP contribution in [0.2, 0.25) is 0 Å². The predicted octanol–water partition coefficient (Wildman–Crippen LogP) is 1.06. The van der Waals surface area contributed by atoms with Crippen LogP contribution < -0.4 is 16.6 Å². The Morgan fingerprint density at radius 2 is 2.11 bits per heavy atom. The highest BCUT2D eigenvalue weighted by atomic mass is 15.3. The molecule has 0 radical (unpaired) electrons. The minimum atomic E-state index is 0.661. The molecule has 7 heteroatoms. The summed E-state index contributed by atoms with van der Waals surface area (Å²) in [5.41, 5.74) is 4.71. The zero-order valence-electron chi connectivity index (χ0n) is 11.2. The lowest BCUT2D eigenvalue weighted by Gasteiger charge is -2.13. The number of hydrogen-bond acceptors (Lipinski definition) is 6. The van der Waals surface area contributed by atoms with Crippen LogP contribution in [0.15, 0.2) is 18.6 Å². The molecule has 0 atom stereocenters. The molecule has 0 aliphatic heterocycles. The van der Waals surface area contributed by atoms with E-state index in [9.17, 15) is 0 Å². The van der Waals surface area contributed by atoms with E-state index in [0.717, 1.165) is 29.9 Å². The second-order valence-electron chi connectivity index (χ2n) is 4.24. The van der Waals surface area contributed by atoms with Crippen molar-refractivity contribution in [1.82, 2.24) is 19.7 Å². The van der Waals surface area contributed by atoms with Crippen molar-refractivity contribution in [3.8, 4) is 0 Å². The maximum atomic E-state index is 5.48. The van der Waals surface area contributed by atoms with Crippen molar-refractivity contribution in [2.45, 2.75) is 26.3 Å². The number of nitrogens with one attached hydrogen (secondary N) is 2. The number of anilines is 2. The van der Waals surface area contributed by atoms with Crippen molar-refractivity contribution in [2.24, 2.45) is 12.9 Å². The molecule has 2 rings (SSSR count). The molecule has 0 aromatic carbocycles. The molecular weight excluding hydrogens is 242 g/mol. The van der Waals surface area contributed by atoms with Crippen LogP contribution in [0.5, 0.6) is 0 Å². The van der Waals surface area contributed by atoms with Gasteiger partial charge in [0.05, 0.1) is 12.2 Å². The van der Waals surface area contributed by atoms with Gasteiger partial charge in [-0.15, -0.1) is 0 Å². The molecule has 0 saturated heterocycles. The molecule has 2 aromatic rings. The van der Waals surface area contributed by atoms with Gasteiger partial charge < -0.3 is 10.7 Å². The Bertz CT molecular complexity index is 535. The van der Waals surface area contributed by atoms with Gasteiger partial charge in [-0.25, -0.2) is 15.8 Å². The summed E-state index contributed by atoms with van der Waals surface area (Å²) in [6.45, 7) is 2.77. The summed E-state index contributed by atoms with van der Waals surface area (Å²) < 4.78 is 1.83. The maximum absolute atomic E-state index is 5.48. The average Bonchev–Trinajstić information content (AvgIpc) is 2.83.